The third kappa shape index (κ3) is 9.81. The van der Waals surface area contributed by atoms with Crippen molar-refractivity contribution in [2.45, 2.75) is 33.6 Å². The Morgan fingerprint density at radius 3 is 2.41 bits per heavy atom. The number of hydrogen-bond acceptors (Lipinski definition) is 3. The zero-order valence-corrected chi connectivity index (χ0v) is 11.0. The fraction of sp³-hybridized carbons (Fsp3) is 0.833. The number of carbonyl (C=O) groups is 2. The fourth-order valence-electron chi connectivity index (χ4n) is 1.08. The van der Waals surface area contributed by atoms with E-state index >= 15 is 0 Å². The average Bonchev–Trinajstić information content (AvgIpc) is 2.31. The summed E-state index contributed by atoms with van der Waals surface area (Å²) in [5.74, 6) is 0.137. The van der Waals surface area contributed by atoms with Gasteiger partial charge < -0.3 is 15.4 Å². The summed E-state index contributed by atoms with van der Waals surface area (Å²) in [5, 5.41) is 5.53. The van der Waals surface area contributed by atoms with Gasteiger partial charge in [0.25, 0.3) is 0 Å². The summed E-state index contributed by atoms with van der Waals surface area (Å²) in [4.78, 5) is 22.1. The SMILES string of the molecule is CCC(=O)NCCOCCCNC(=O)C(C)C. The van der Waals surface area contributed by atoms with Gasteiger partial charge in [-0.1, -0.05) is 20.8 Å². The molecule has 0 aromatic rings. The van der Waals surface area contributed by atoms with Crippen molar-refractivity contribution in [1.82, 2.24) is 10.6 Å². The smallest absolute Gasteiger partial charge is 0.222 e. The molecular weight excluding hydrogens is 220 g/mol. The molecule has 0 saturated heterocycles. The summed E-state index contributed by atoms with van der Waals surface area (Å²) in [6.45, 7) is 7.84. The van der Waals surface area contributed by atoms with Gasteiger partial charge in [-0.15, -0.1) is 0 Å². The molecule has 0 atom stereocenters. The van der Waals surface area contributed by atoms with Gasteiger partial charge in [-0.05, 0) is 6.42 Å². The second-order valence-electron chi connectivity index (χ2n) is 4.12. The van der Waals surface area contributed by atoms with Gasteiger partial charge in [-0.2, -0.15) is 0 Å². The van der Waals surface area contributed by atoms with Crippen LogP contribution in [-0.2, 0) is 14.3 Å². The Morgan fingerprint density at radius 2 is 1.82 bits per heavy atom. The first-order valence-corrected chi connectivity index (χ1v) is 6.20. The summed E-state index contributed by atoms with van der Waals surface area (Å²) < 4.78 is 5.30. The van der Waals surface area contributed by atoms with Crippen molar-refractivity contribution in [2.75, 3.05) is 26.3 Å². The molecule has 0 radical (unpaired) electrons. The highest BCUT2D eigenvalue weighted by atomic mass is 16.5. The number of carbonyl (C=O) groups excluding carboxylic acids is 2. The summed E-state index contributed by atoms with van der Waals surface area (Å²) >= 11 is 0. The van der Waals surface area contributed by atoms with Crippen molar-refractivity contribution in [3.63, 3.8) is 0 Å². The highest BCUT2D eigenvalue weighted by Crippen LogP contribution is 1.90. The van der Waals surface area contributed by atoms with Gasteiger partial charge in [0, 0.05) is 32.0 Å². The van der Waals surface area contributed by atoms with Crippen molar-refractivity contribution < 1.29 is 14.3 Å². The maximum Gasteiger partial charge on any atom is 0.222 e. The van der Waals surface area contributed by atoms with Crippen molar-refractivity contribution >= 4 is 11.8 Å². The van der Waals surface area contributed by atoms with Crippen LogP contribution >= 0.6 is 0 Å². The maximum absolute atomic E-state index is 11.2. The number of rotatable bonds is 9. The van der Waals surface area contributed by atoms with E-state index in [4.69, 9.17) is 4.74 Å². The summed E-state index contributed by atoms with van der Waals surface area (Å²) in [6, 6.07) is 0. The van der Waals surface area contributed by atoms with E-state index in [-0.39, 0.29) is 17.7 Å². The molecule has 0 rings (SSSR count). The predicted molar refractivity (Wildman–Crippen MR) is 66.6 cm³/mol. The van der Waals surface area contributed by atoms with Gasteiger partial charge in [0.1, 0.15) is 0 Å². The van der Waals surface area contributed by atoms with E-state index in [9.17, 15) is 9.59 Å². The third-order valence-corrected chi connectivity index (χ3v) is 2.18. The lowest BCUT2D eigenvalue weighted by atomic mass is 10.2. The molecule has 5 nitrogen and oxygen atoms in total. The molecule has 2 N–H and O–H groups in total. The number of ether oxygens (including phenoxy) is 1. The number of hydrogen-bond donors (Lipinski definition) is 2. The van der Waals surface area contributed by atoms with E-state index in [1.54, 1.807) is 0 Å². The Hall–Kier alpha value is -1.10. The van der Waals surface area contributed by atoms with Gasteiger partial charge in [0.15, 0.2) is 0 Å². The van der Waals surface area contributed by atoms with Crippen LogP contribution < -0.4 is 10.6 Å². The van der Waals surface area contributed by atoms with Crippen LogP contribution in [0.4, 0.5) is 0 Å². The monoisotopic (exact) mass is 244 g/mol. The second kappa shape index (κ2) is 10.1. The Morgan fingerprint density at radius 1 is 1.12 bits per heavy atom. The van der Waals surface area contributed by atoms with Crippen LogP contribution in [0, 0.1) is 5.92 Å². The van der Waals surface area contributed by atoms with Crippen molar-refractivity contribution in [1.29, 1.82) is 0 Å². The minimum Gasteiger partial charge on any atom is -0.380 e. The molecule has 2 amide bonds. The third-order valence-electron chi connectivity index (χ3n) is 2.18. The van der Waals surface area contributed by atoms with Crippen LogP contribution in [0.25, 0.3) is 0 Å². The molecule has 0 aliphatic carbocycles. The lowest BCUT2D eigenvalue weighted by molar-refractivity contribution is -0.124. The minimum atomic E-state index is 0.0279. The molecule has 0 fully saturated rings. The van der Waals surface area contributed by atoms with E-state index in [1.165, 1.54) is 0 Å². The van der Waals surface area contributed by atoms with Gasteiger partial charge in [0.05, 0.1) is 6.61 Å². The molecule has 100 valence electrons. The van der Waals surface area contributed by atoms with Crippen LogP contribution in [0.15, 0.2) is 0 Å². The lowest BCUT2D eigenvalue weighted by Gasteiger charge is -2.08. The Labute approximate surface area is 103 Å². The molecule has 0 spiro atoms. The molecule has 0 aliphatic heterocycles. The van der Waals surface area contributed by atoms with Crippen LogP contribution in [-0.4, -0.2) is 38.1 Å². The van der Waals surface area contributed by atoms with E-state index in [1.807, 2.05) is 20.8 Å². The first-order chi connectivity index (χ1) is 8.07. The quantitative estimate of drug-likeness (QED) is 0.586. The maximum atomic E-state index is 11.2. The van der Waals surface area contributed by atoms with Crippen molar-refractivity contribution in [3.8, 4) is 0 Å². The summed E-state index contributed by atoms with van der Waals surface area (Å²) in [6.07, 6.45) is 1.29. The van der Waals surface area contributed by atoms with Crippen LogP contribution in [0.1, 0.15) is 33.6 Å². The highest BCUT2D eigenvalue weighted by Gasteiger charge is 2.04. The van der Waals surface area contributed by atoms with Crippen molar-refractivity contribution in [3.05, 3.63) is 0 Å². The largest absolute Gasteiger partial charge is 0.380 e. The van der Waals surface area contributed by atoms with Gasteiger partial charge in [-0.3, -0.25) is 9.59 Å². The summed E-state index contributed by atoms with van der Waals surface area (Å²) in [7, 11) is 0. The average molecular weight is 244 g/mol. The first-order valence-electron chi connectivity index (χ1n) is 6.20. The van der Waals surface area contributed by atoms with Crippen LogP contribution in [0.3, 0.4) is 0 Å². The molecule has 0 aromatic carbocycles. The molecule has 0 aromatic heterocycles. The molecule has 0 unspecified atom stereocenters. The molecule has 17 heavy (non-hydrogen) atoms. The normalized spacial score (nSPS) is 10.4. The zero-order valence-electron chi connectivity index (χ0n) is 11.0. The number of nitrogens with one attached hydrogen (secondary N) is 2. The molecule has 0 bridgehead atoms. The predicted octanol–water partition coefficient (Wildman–Crippen LogP) is 0.691. The van der Waals surface area contributed by atoms with Crippen molar-refractivity contribution in [2.24, 2.45) is 5.92 Å². The number of amides is 2. The molecule has 5 heteroatoms. The molecule has 0 heterocycles. The van der Waals surface area contributed by atoms with Gasteiger partial charge >= 0.3 is 0 Å². The summed E-state index contributed by atoms with van der Waals surface area (Å²) in [5.41, 5.74) is 0. The van der Waals surface area contributed by atoms with Gasteiger partial charge in [0.2, 0.25) is 11.8 Å². The Kier molecular flexibility index (Phi) is 9.43. The van der Waals surface area contributed by atoms with Crippen LogP contribution in [0.2, 0.25) is 0 Å². The topological polar surface area (TPSA) is 67.4 Å². The van der Waals surface area contributed by atoms with Crippen LogP contribution in [0.5, 0.6) is 0 Å². The minimum absolute atomic E-state index is 0.0279. The lowest BCUT2D eigenvalue weighted by Crippen LogP contribution is -2.29. The second-order valence-corrected chi connectivity index (χ2v) is 4.12. The van der Waals surface area contributed by atoms with E-state index in [2.05, 4.69) is 10.6 Å². The molecular formula is C12H24N2O3. The molecule has 0 saturated carbocycles. The first kappa shape index (κ1) is 15.9. The Bertz CT molecular complexity index is 230. The zero-order chi connectivity index (χ0) is 13.1. The highest BCUT2D eigenvalue weighted by molar-refractivity contribution is 5.77. The van der Waals surface area contributed by atoms with E-state index in [0.717, 1.165) is 6.42 Å². The standard InChI is InChI=1S/C12H24N2O3/c1-4-11(15)13-7-9-17-8-5-6-14-12(16)10(2)3/h10H,4-9H2,1-3H3,(H,13,15)(H,14,16). The Balaban J connectivity index is 3.19. The molecule has 0 aliphatic rings. The van der Waals surface area contributed by atoms with E-state index in [0.29, 0.717) is 32.7 Å². The fourth-order valence-corrected chi connectivity index (χ4v) is 1.08. The van der Waals surface area contributed by atoms with E-state index < -0.39 is 0 Å². The van der Waals surface area contributed by atoms with Gasteiger partial charge in [-0.25, -0.2) is 0 Å².